The molecule has 1 aromatic heterocycles. The standard InChI is InChI=1S/C14H14N2O2Se/c17-13(11-4-2-1-3-5-11)12-10-15-14(19-12)16-6-8-18-9-7-16/h1-5,10H,6-9H2. The third-order valence-corrected chi connectivity index (χ3v) is 5.25. The molecule has 98 valence electrons. The third-order valence-electron chi connectivity index (χ3n) is 3.03. The summed E-state index contributed by atoms with van der Waals surface area (Å²) < 4.78 is 7.21. The van der Waals surface area contributed by atoms with Gasteiger partial charge in [-0.15, -0.1) is 0 Å². The monoisotopic (exact) mass is 322 g/mol. The molecule has 0 spiro atoms. The number of nitrogens with zero attached hydrogens (tertiary/aromatic N) is 2. The number of aromatic nitrogens is 1. The predicted octanol–water partition coefficient (Wildman–Crippen LogP) is 1.21. The Morgan fingerprint density at radius 3 is 2.68 bits per heavy atom. The van der Waals surface area contributed by atoms with Crippen LogP contribution in [0, 0.1) is 0 Å². The minimum absolute atomic E-state index is 0.0181. The van der Waals surface area contributed by atoms with Gasteiger partial charge in [-0.1, -0.05) is 0 Å². The van der Waals surface area contributed by atoms with Gasteiger partial charge in [-0.25, -0.2) is 0 Å². The summed E-state index contributed by atoms with van der Waals surface area (Å²) in [6, 6.07) is 9.40. The number of hydrogen-bond acceptors (Lipinski definition) is 4. The molecule has 0 bridgehead atoms. The quantitative estimate of drug-likeness (QED) is 0.629. The molecule has 0 amide bonds. The van der Waals surface area contributed by atoms with E-state index in [4.69, 9.17) is 4.74 Å². The van der Waals surface area contributed by atoms with Crippen LogP contribution in [-0.4, -0.2) is 51.6 Å². The average Bonchev–Trinajstić information content (AvgIpc) is 2.98. The Morgan fingerprint density at radius 2 is 1.95 bits per heavy atom. The van der Waals surface area contributed by atoms with Gasteiger partial charge in [0.05, 0.1) is 0 Å². The zero-order valence-corrected chi connectivity index (χ0v) is 12.1. The zero-order chi connectivity index (χ0) is 13.1. The van der Waals surface area contributed by atoms with Crippen LogP contribution in [0.2, 0.25) is 0 Å². The molecule has 5 heteroatoms. The molecule has 1 aliphatic heterocycles. The summed E-state index contributed by atoms with van der Waals surface area (Å²) in [6.45, 7) is 3.25. The second kappa shape index (κ2) is 5.70. The molecule has 0 aliphatic carbocycles. The summed E-state index contributed by atoms with van der Waals surface area (Å²) in [5.41, 5.74) is 0.744. The van der Waals surface area contributed by atoms with E-state index in [0.717, 1.165) is 41.0 Å². The first-order valence-corrected chi connectivity index (χ1v) is 7.94. The summed E-state index contributed by atoms with van der Waals surface area (Å²) in [5, 5.41) is 0. The molecule has 1 aliphatic rings. The number of ketones is 1. The Balaban J connectivity index is 1.79. The second-order valence-electron chi connectivity index (χ2n) is 4.30. The summed E-state index contributed by atoms with van der Waals surface area (Å²) in [4.78, 5) is 19.0. The van der Waals surface area contributed by atoms with E-state index >= 15 is 0 Å². The Labute approximate surface area is 117 Å². The van der Waals surface area contributed by atoms with E-state index < -0.39 is 0 Å². The molecule has 1 fully saturated rings. The molecule has 2 heterocycles. The van der Waals surface area contributed by atoms with E-state index in [0.29, 0.717) is 0 Å². The maximum atomic E-state index is 12.3. The Hall–Kier alpha value is -1.42. The van der Waals surface area contributed by atoms with E-state index in [2.05, 4.69) is 9.88 Å². The van der Waals surface area contributed by atoms with Gasteiger partial charge in [0.25, 0.3) is 0 Å². The molecular weight excluding hydrogens is 307 g/mol. The van der Waals surface area contributed by atoms with E-state index in [1.807, 2.05) is 30.3 Å². The van der Waals surface area contributed by atoms with Crippen LogP contribution in [0.4, 0.5) is 4.69 Å². The van der Waals surface area contributed by atoms with Gasteiger partial charge in [-0.2, -0.15) is 0 Å². The predicted molar refractivity (Wildman–Crippen MR) is 74.1 cm³/mol. The minimum atomic E-state index is 0.0181. The van der Waals surface area contributed by atoms with Crippen LogP contribution in [0.3, 0.4) is 0 Å². The number of ether oxygens (including phenoxy) is 1. The molecule has 0 saturated carbocycles. The second-order valence-corrected chi connectivity index (χ2v) is 6.42. The van der Waals surface area contributed by atoms with Crippen LogP contribution in [0.5, 0.6) is 0 Å². The van der Waals surface area contributed by atoms with Gasteiger partial charge >= 0.3 is 117 Å². The number of carbonyl (C=O) groups excluding carboxylic acids is 1. The van der Waals surface area contributed by atoms with Crippen molar-refractivity contribution in [3.63, 3.8) is 0 Å². The van der Waals surface area contributed by atoms with E-state index in [9.17, 15) is 4.79 Å². The van der Waals surface area contributed by atoms with Crippen molar-refractivity contribution in [2.45, 2.75) is 0 Å². The molecule has 0 unspecified atom stereocenters. The number of rotatable bonds is 3. The summed E-state index contributed by atoms with van der Waals surface area (Å²) in [6.07, 6.45) is 1.74. The molecule has 1 aromatic carbocycles. The molecule has 2 aromatic rings. The van der Waals surface area contributed by atoms with Crippen LogP contribution in [0.15, 0.2) is 36.5 Å². The summed E-state index contributed by atoms with van der Waals surface area (Å²) in [7, 11) is 0. The van der Waals surface area contributed by atoms with Crippen molar-refractivity contribution >= 4 is 25.0 Å². The maximum absolute atomic E-state index is 12.3. The van der Waals surface area contributed by atoms with Gasteiger partial charge in [0.1, 0.15) is 0 Å². The molecule has 0 atom stereocenters. The van der Waals surface area contributed by atoms with Crippen molar-refractivity contribution in [1.82, 2.24) is 4.98 Å². The van der Waals surface area contributed by atoms with Crippen LogP contribution >= 0.6 is 0 Å². The molecule has 3 rings (SSSR count). The Morgan fingerprint density at radius 1 is 1.21 bits per heavy atom. The summed E-state index contributed by atoms with van der Waals surface area (Å²) in [5.74, 6) is 0.104. The molecule has 1 saturated heterocycles. The van der Waals surface area contributed by atoms with Crippen molar-refractivity contribution < 1.29 is 9.53 Å². The van der Waals surface area contributed by atoms with Crippen molar-refractivity contribution in [3.8, 4) is 0 Å². The van der Waals surface area contributed by atoms with Crippen molar-refractivity contribution in [3.05, 3.63) is 46.5 Å². The number of hydrogen-bond donors (Lipinski definition) is 0. The van der Waals surface area contributed by atoms with Crippen LogP contribution in [0.25, 0.3) is 0 Å². The SMILES string of the molecule is O=C(c1ccccc1)c1cnc(N2CCOCC2)[se]1. The number of benzene rings is 1. The van der Waals surface area contributed by atoms with Crippen molar-refractivity contribution in [1.29, 1.82) is 0 Å². The fourth-order valence-corrected chi connectivity index (χ4v) is 3.95. The van der Waals surface area contributed by atoms with E-state index in [1.165, 1.54) is 0 Å². The normalized spacial score (nSPS) is 15.5. The van der Waals surface area contributed by atoms with Gasteiger partial charge in [0, 0.05) is 0 Å². The first-order valence-electron chi connectivity index (χ1n) is 6.23. The van der Waals surface area contributed by atoms with Gasteiger partial charge in [0.15, 0.2) is 0 Å². The van der Waals surface area contributed by atoms with Crippen LogP contribution in [-0.2, 0) is 4.74 Å². The first-order chi connectivity index (χ1) is 9.34. The Bertz CT molecular complexity index is 562. The van der Waals surface area contributed by atoms with Crippen molar-refractivity contribution in [2.24, 2.45) is 0 Å². The molecule has 19 heavy (non-hydrogen) atoms. The van der Waals surface area contributed by atoms with Gasteiger partial charge in [0.2, 0.25) is 0 Å². The van der Waals surface area contributed by atoms with E-state index in [1.54, 1.807) is 6.20 Å². The van der Waals surface area contributed by atoms with Crippen molar-refractivity contribution in [2.75, 3.05) is 31.2 Å². The fourth-order valence-electron chi connectivity index (χ4n) is 2.00. The van der Waals surface area contributed by atoms with Gasteiger partial charge in [-0.05, 0) is 0 Å². The summed E-state index contributed by atoms with van der Waals surface area (Å²) >= 11 is 0.0181. The first kappa shape index (κ1) is 12.6. The van der Waals surface area contributed by atoms with Gasteiger partial charge in [-0.3, -0.25) is 0 Å². The van der Waals surface area contributed by atoms with Crippen LogP contribution in [0.1, 0.15) is 14.8 Å². The average molecular weight is 321 g/mol. The van der Waals surface area contributed by atoms with Gasteiger partial charge < -0.3 is 0 Å². The number of carbonyl (C=O) groups is 1. The number of morpholine rings is 1. The third kappa shape index (κ3) is 2.78. The molecule has 0 N–H and O–H groups in total. The van der Waals surface area contributed by atoms with E-state index in [-0.39, 0.29) is 20.3 Å². The zero-order valence-electron chi connectivity index (χ0n) is 10.4. The molecule has 4 nitrogen and oxygen atoms in total. The Kier molecular flexibility index (Phi) is 3.78. The van der Waals surface area contributed by atoms with Crippen LogP contribution < -0.4 is 4.90 Å². The molecular formula is C14H14N2O2Se. The number of anilines is 1. The molecule has 0 radical (unpaired) electrons. The topological polar surface area (TPSA) is 42.4 Å². The fraction of sp³-hybridized carbons (Fsp3) is 0.286.